The lowest BCUT2D eigenvalue weighted by Gasteiger charge is -2.58. The minimum Gasteiger partial charge on any atom is -0.326 e. The molecular weight excluding hydrogens is 240 g/mol. The first-order valence-electron chi connectivity index (χ1n) is 7.89. The van der Waals surface area contributed by atoms with E-state index in [1.54, 1.807) is 0 Å². The Bertz CT molecular complexity index is 299. The van der Waals surface area contributed by atoms with Crippen LogP contribution in [0.4, 0.5) is 0 Å². The zero-order valence-electron chi connectivity index (χ0n) is 12.7. The van der Waals surface area contributed by atoms with E-state index >= 15 is 0 Å². The van der Waals surface area contributed by atoms with E-state index in [0.29, 0.717) is 5.92 Å². The maximum atomic E-state index is 6.14. The molecule has 3 nitrogen and oxygen atoms in total. The zero-order chi connectivity index (χ0) is 13.6. The van der Waals surface area contributed by atoms with E-state index in [1.165, 1.54) is 38.5 Å². The summed E-state index contributed by atoms with van der Waals surface area (Å²) in [6.45, 7) is 9.13. The highest BCUT2D eigenvalue weighted by molar-refractivity contribution is 4.97. The molecule has 0 spiro atoms. The third kappa shape index (κ3) is 2.24. The van der Waals surface area contributed by atoms with Crippen molar-refractivity contribution in [1.82, 2.24) is 0 Å². The van der Waals surface area contributed by atoms with Gasteiger partial charge in [0.1, 0.15) is 0 Å². The smallest absolute Gasteiger partial charge is 0.285 e. The average molecular weight is 268 g/mol. The van der Waals surface area contributed by atoms with Crippen molar-refractivity contribution < 1.29 is 14.2 Å². The number of fused-ring (bicyclic) bond motifs is 3. The van der Waals surface area contributed by atoms with Gasteiger partial charge in [-0.05, 0) is 18.3 Å². The molecule has 2 bridgehead atoms. The minimum absolute atomic E-state index is 0.0273. The van der Waals surface area contributed by atoms with Crippen molar-refractivity contribution in [3.63, 3.8) is 0 Å². The second-order valence-corrected chi connectivity index (χ2v) is 7.69. The second kappa shape index (κ2) is 4.71. The van der Waals surface area contributed by atoms with Crippen molar-refractivity contribution in [3.05, 3.63) is 0 Å². The Hall–Kier alpha value is -0.120. The fraction of sp³-hybridized carbons (Fsp3) is 1.00. The van der Waals surface area contributed by atoms with Gasteiger partial charge in [-0.25, -0.2) is 0 Å². The molecule has 0 atom stereocenters. The topological polar surface area (TPSA) is 27.7 Å². The summed E-state index contributed by atoms with van der Waals surface area (Å²) in [6.07, 6.45) is 7.63. The van der Waals surface area contributed by atoms with E-state index in [-0.39, 0.29) is 10.8 Å². The van der Waals surface area contributed by atoms with Crippen molar-refractivity contribution in [2.24, 2.45) is 16.7 Å². The first-order chi connectivity index (χ1) is 8.98. The van der Waals surface area contributed by atoms with Crippen molar-refractivity contribution in [1.29, 1.82) is 0 Å². The first-order valence-corrected chi connectivity index (χ1v) is 7.89. The summed E-state index contributed by atoms with van der Waals surface area (Å²) >= 11 is 0. The molecule has 3 heterocycles. The molecule has 0 radical (unpaired) electrons. The molecular formula is C16H28O3. The van der Waals surface area contributed by atoms with Crippen LogP contribution in [-0.4, -0.2) is 25.8 Å². The van der Waals surface area contributed by atoms with Gasteiger partial charge in [0, 0.05) is 11.3 Å². The van der Waals surface area contributed by atoms with Gasteiger partial charge in [0.25, 0.3) is 5.97 Å². The summed E-state index contributed by atoms with van der Waals surface area (Å²) in [5.74, 6) is -0.287. The van der Waals surface area contributed by atoms with Gasteiger partial charge in [-0.15, -0.1) is 0 Å². The second-order valence-electron chi connectivity index (χ2n) is 7.69. The van der Waals surface area contributed by atoms with Crippen molar-refractivity contribution >= 4 is 0 Å². The molecule has 0 N–H and O–H groups in total. The number of hydrogen-bond acceptors (Lipinski definition) is 3. The molecule has 4 rings (SSSR count). The zero-order valence-corrected chi connectivity index (χ0v) is 12.7. The SMILES string of the molecule is CC(C)(C)C12COC(C3CCCCCC3)(OC1)OC2. The summed E-state index contributed by atoms with van der Waals surface area (Å²) in [5.41, 5.74) is 0.183. The molecule has 0 aromatic rings. The third-order valence-electron chi connectivity index (χ3n) is 5.60. The lowest BCUT2D eigenvalue weighted by Crippen LogP contribution is -2.66. The molecule has 0 unspecified atom stereocenters. The Kier molecular flexibility index (Phi) is 3.43. The van der Waals surface area contributed by atoms with E-state index in [2.05, 4.69) is 20.8 Å². The summed E-state index contributed by atoms with van der Waals surface area (Å²) in [4.78, 5) is 0. The quantitative estimate of drug-likeness (QED) is 0.678. The van der Waals surface area contributed by atoms with E-state index in [9.17, 15) is 0 Å². The third-order valence-corrected chi connectivity index (χ3v) is 5.60. The molecule has 110 valence electrons. The Morgan fingerprint density at radius 3 is 1.68 bits per heavy atom. The van der Waals surface area contributed by atoms with Gasteiger partial charge in [0.2, 0.25) is 0 Å². The average Bonchev–Trinajstić information content (AvgIpc) is 2.69. The van der Waals surface area contributed by atoms with Gasteiger partial charge in [0.15, 0.2) is 0 Å². The van der Waals surface area contributed by atoms with E-state index in [0.717, 1.165) is 19.8 Å². The standard InChI is InChI=1S/C16H28O3/c1-14(2,3)15-10-17-16(18-11-15,19-12-15)13-8-6-4-5-7-9-13/h13H,4-12H2,1-3H3. The van der Waals surface area contributed by atoms with Gasteiger partial charge in [0.05, 0.1) is 19.8 Å². The lowest BCUT2D eigenvalue weighted by molar-refractivity contribution is -0.496. The van der Waals surface area contributed by atoms with Gasteiger partial charge < -0.3 is 14.2 Å². The molecule has 0 aromatic carbocycles. The van der Waals surface area contributed by atoms with Crippen LogP contribution in [0.5, 0.6) is 0 Å². The molecule has 1 saturated carbocycles. The molecule has 3 heteroatoms. The van der Waals surface area contributed by atoms with Crippen LogP contribution in [0, 0.1) is 16.7 Å². The number of rotatable bonds is 1. The molecule has 0 amide bonds. The number of hydrogen-bond donors (Lipinski definition) is 0. The number of ether oxygens (including phenoxy) is 3. The monoisotopic (exact) mass is 268 g/mol. The Labute approximate surface area is 117 Å². The summed E-state index contributed by atoms with van der Waals surface area (Å²) in [6, 6.07) is 0. The Morgan fingerprint density at radius 2 is 1.26 bits per heavy atom. The molecule has 4 fully saturated rings. The van der Waals surface area contributed by atoms with Gasteiger partial charge in [-0.1, -0.05) is 46.5 Å². The minimum atomic E-state index is -0.711. The van der Waals surface area contributed by atoms with Crippen molar-refractivity contribution in [3.8, 4) is 0 Å². The predicted molar refractivity (Wildman–Crippen MR) is 73.7 cm³/mol. The molecule has 0 aromatic heterocycles. The summed E-state index contributed by atoms with van der Waals surface area (Å²) in [5, 5.41) is 0. The molecule has 4 aliphatic rings. The molecule has 3 aliphatic heterocycles. The molecule has 1 aliphatic carbocycles. The Balaban J connectivity index is 1.73. The highest BCUT2D eigenvalue weighted by Gasteiger charge is 2.59. The summed E-state index contributed by atoms with van der Waals surface area (Å²) < 4.78 is 18.4. The van der Waals surface area contributed by atoms with Crippen LogP contribution in [0.2, 0.25) is 0 Å². The molecule has 3 saturated heterocycles. The van der Waals surface area contributed by atoms with E-state index in [1.807, 2.05) is 0 Å². The van der Waals surface area contributed by atoms with Crippen LogP contribution in [0.1, 0.15) is 59.3 Å². The van der Waals surface area contributed by atoms with Crippen LogP contribution in [0.25, 0.3) is 0 Å². The maximum absolute atomic E-state index is 6.14. The van der Waals surface area contributed by atoms with Crippen LogP contribution < -0.4 is 0 Å². The normalized spacial score (nSPS) is 41.2. The van der Waals surface area contributed by atoms with E-state index < -0.39 is 5.97 Å². The van der Waals surface area contributed by atoms with Crippen LogP contribution in [0.3, 0.4) is 0 Å². The van der Waals surface area contributed by atoms with Crippen molar-refractivity contribution in [2.45, 2.75) is 65.3 Å². The maximum Gasteiger partial charge on any atom is 0.285 e. The van der Waals surface area contributed by atoms with Gasteiger partial charge in [-0.3, -0.25) is 0 Å². The highest BCUT2D eigenvalue weighted by atomic mass is 16.9. The Morgan fingerprint density at radius 1 is 0.789 bits per heavy atom. The van der Waals surface area contributed by atoms with Crippen LogP contribution >= 0.6 is 0 Å². The highest BCUT2D eigenvalue weighted by Crippen LogP contribution is 2.52. The van der Waals surface area contributed by atoms with Crippen LogP contribution in [-0.2, 0) is 14.2 Å². The van der Waals surface area contributed by atoms with Gasteiger partial charge in [-0.2, -0.15) is 0 Å². The van der Waals surface area contributed by atoms with Crippen molar-refractivity contribution in [2.75, 3.05) is 19.8 Å². The fourth-order valence-corrected chi connectivity index (χ4v) is 3.60. The van der Waals surface area contributed by atoms with Crippen LogP contribution in [0.15, 0.2) is 0 Å². The van der Waals surface area contributed by atoms with Gasteiger partial charge >= 0.3 is 0 Å². The van der Waals surface area contributed by atoms with E-state index in [4.69, 9.17) is 14.2 Å². The first kappa shape index (κ1) is 13.8. The molecule has 19 heavy (non-hydrogen) atoms. The predicted octanol–water partition coefficient (Wildman–Crippen LogP) is 3.72. The largest absolute Gasteiger partial charge is 0.326 e. The fourth-order valence-electron chi connectivity index (χ4n) is 3.60. The lowest BCUT2D eigenvalue weighted by atomic mass is 9.66. The summed E-state index contributed by atoms with van der Waals surface area (Å²) in [7, 11) is 0.